The van der Waals surface area contributed by atoms with E-state index in [9.17, 15) is 0 Å². The molecular weight excluding hydrogens is 595 g/mol. The number of nitrogens with zero attached hydrogens (tertiary/aromatic N) is 3. The van der Waals surface area contributed by atoms with Gasteiger partial charge in [0, 0.05) is 21.9 Å². The van der Waals surface area contributed by atoms with Crippen molar-refractivity contribution in [2.75, 3.05) is 0 Å². The first kappa shape index (κ1) is 26.6. The van der Waals surface area contributed by atoms with E-state index in [2.05, 4.69) is 133 Å². The first-order valence-corrected chi connectivity index (χ1v) is 16.8. The van der Waals surface area contributed by atoms with Crippen LogP contribution in [0.5, 0.6) is 0 Å². The van der Waals surface area contributed by atoms with Crippen LogP contribution >= 0.6 is 0 Å². The first-order chi connectivity index (χ1) is 24.3. The van der Waals surface area contributed by atoms with E-state index in [4.69, 9.17) is 15.0 Å². The maximum Gasteiger partial charge on any atom is 0.0894 e. The van der Waals surface area contributed by atoms with Gasteiger partial charge < -0.3 is 0 Å². The predicted octanol–water partition coefficient (Wildman–Crippen LogP) is 11.0. The molecule has 0 saturated heterocycles. The van der Waals surface area contributed by atoms with Crippen LogP contribution in [0.2, 0.25) is 0 Å². The molecule has 1 spiro atoms. The highest BCUT2D eigenvalue weighted by atomic mass is 14.8. The van der Waals surface area contributed by atoms with E-state index in [-0.39, 0.29) is 0 Å². The molecule has 0 N–H and O–H groups in total. The Morgan fingerprint density at radius 1 is 0.367 bits per heavy atom. The molecule has 226 valence electrons. The second-order valence-corrected chi connectivity index (χ2v) is 13.1. The first-order valence-electron chi connectivity index (χ1n) is 16.8. The van der Waals surface area contributed by atoms with Gasteiger partial charge in [0.25, 0.3) is 0 Å². The molecule has 49 heavy (non-hydrogen) atoms. The number of hydrogen-bond acceptors (Lipinski definition) is 3. The summed E-state index contributed by atoms with van der Waals surface area (Å²) in [6.45, 7) is 0. The molecule has 0 fully saturated rings. The normalized spacial score (nSPS) is 13.5. The average molecular weight is 622 g/mol. The van der Waals surface area contributed by atoms with Gasteiger partial charge in [-0.3, -0.25) is 4.98 Å². The van der Waals surface area contributed by atoms with Crippen molar-refractivity contribution in [1.29, 1.82) is 0 Å². The van der Waals surface area contributed by atoms with Crippen molar-refractivity contribution in [3.63, 3.8) is 0 Å². The van der Waals surface area contributed by atoms with Crippen molar-refractivity contribution in [2.24, 2.45) is 0 Å². The fraction of sp³-hybridized carbons (Fsp3) is 0.0217. The molecule has 0 saturated carbocycles. The van der Waals surface area contributed by atoms with Gasteiger partial charge in [-0.1, -0.05) is 121 Å². The highest BCUT2D eigenvalue weighted by molar-refractivity contribution is 6.14. The van der Waals surface area contributed by atoms with Gasteiger partial charge in [-0.15, -0.1) is 0 Å². The van der Waals surface area contributed by atoms with Gasteiger partial charge in [0.05, 0.1) is 39.5 Å². The van der Waals surface area contributed by atoms with Crippen LogP contribution in [0.3, 0.4) is 0 Å². The van der Waals surface area contributed by atoms with Crippen LogP contribution in [0, 0.1) is 0 Å². The Labute approximate surface area is 283 Å². The smallest absolute Gasteiger partial charge is 0.0894 e. The lowest BCUT2D eigenvalue weighted by atomic mass is 9.70. The average Bonchev–Trinajstić information content (AvgIpc) is 3.64. The molecule has 0 radical (unpaired) electrons. The summed E-state index contributed by atoms with van der Waals surface area (Å²) in [4.78, 5) is 15.0. The van der Waals surface area contributed by atoms with Crippen LogP contribution in [-0.2, 0) is 5.41 Å². The molecule has 2 aliphatic rings. The maximum absolute atomic E-state index is 5.36. The summed E-state index contributed by atoms with van der Waals surface area (Å²) in [6, 6.07) is 57.0. The Hall–Kier alpha value is -6.45. The number of hydrogen-bond donors (Lipinski definition) is 0. The minimum Gasteiger partial charge on any atom is -0.252 e. The highest BCUT2D eigenvalue weighted by Gasteiger charge is 2.51. The van der Waals surface area contributed by atoms with E-state index in [1.54, 1.807) is 0 Å². The zero-order valence-electron chi connectivity index (χ0n) is 26.4. The molecule has 0 atom stereocenters. The highest BCUT2D eigenvalue weighted by Crippen LogP contribution is 2.63. The molecule has 2 aromatic heterocycles. The van der Waals surface area contributed by atoms with Gasteiger partial charge >= 0.3 is 0 Å². The Kier molecular flexibility index (Phi) is 5.31. The second kappa shape index (κ2) is 9.79. The second-order valence-electron chi connectivity index (χ2n) is 13.1. The number of pyridine rings is 1. The molecule has 11 rings (SSSR count). The molecule has 0 unspecified atom stereocenters. The fourth-order valence-corrected chi connectivity index (χ4v) is 8.68. The lowest BCUT2D eigenvalue weighted by Gasteiger charge is -2.30. The number of para-hydroxylation sites is 3. The van der Waals surface area contributed by atoms with Crippen molar-refractivity contribution in [2.45, 2.75) is 5.41 Å². The molecule has 2 aliphatic carbocycles. The van der Waals surface area contributed by atoms with Crippen molar-refractivity contribution in [1.82, 2.24) is 15.0 Å². The Morgan fingerprint density at radius 2 is 0.959 bits per heavy atom. The van der Waals surface area contributed by atoms with Gasteiger partial charge in [0.1, 0.15) is 0 Å². The summed E-state index contributed by atoms with van der Waals surface area (Å²) >= 11 is 0. The minimum atomic E-state index is -0.396. The maximum atomic E-state index is 5.36. The topological polar surface area (TPSA) is 38.7 Å². The Bertz CT molecular complexity index is 2800. The lowest BCUT2D eigenvalue weighted by molar-refractivity contribution is 0.795. The van der Waals surface area contributed by atoms with Gasteiger partial charge in [0.15, 0.2) is 0 Å². The van der Waals surface area contributed by atoms with Gasteiger partial charge in [-0.2, -0.15) is 0 Å². The molecule has 7 aromatic carbocycles. The van der Waals surface area contributed by atoms with Crippen LogP contribution in [0.1, 0.15) is 22.3 Å². The third kappa shape index (κ3) is 3.54. The third-order valence-electron chi connectivity index (χ3n) is 10.7. The van der Waals surface area contributed by atoms with Crippen LogP contribution in [-0.4, -0.2) is 15.0 Å². The largest absolute Gasteiger partial charge is 0.252 e. The lowest BCUT2D eigenvalue weighted by Crippen LogP contribution is -2.25. The summed E-state index contributed by atoms with van der Waals surface area (Å²) in [5.41, 5.74) is 16.8. The van der Waals surface area contributed by atoms with E-state index >= 15 is 0 Å². The number of aromatic nitrogens is 3. The van der Waals surface area contributed by atoms with Crippen molar-refractivity contribution in [3.8, 4) is 44.8 Å². The summed E-state index contributed by atoms with van der Waals surface area (Å²) in [5.74, 6) is 0. The van der Waals surface area contributed by atoms with E-state index < -0.39 is 5.41 Å². The molecule has 9 aromatic rings. The van der Waals surface area contributed by atoms with Crippen molar-refractivity contribution < 1.29 is 0 Å². The molecule has 0 amide bonds. The predicted molar refractivity (Wildman–Crippen MR) is 200 cm³/mol. The summed E-state index contributed by atoms with van der Waals surface area (Å²) in [5, 5.41) is 3.51. The molecule has 2 heterocycles. The van der Waals surface area contributed by atoms with Crippen LogP contribution in [0.4, 0.5) is 0 Å². The summed E-state index contributed by atoms with van der Waals surface area (Å²) in [6.07, 6.45) is 1.87. The van der Waals surface area contributed by atoms with E-state index in [0.29, 0.717) is 0 Å². The Balaban J connectivity index is 1.22. The van der Waals surface area contributed by atoms with Gasteiger partial charge in [-0.25, -0.2) is 9.97 Å². The van der Waals surface area contributed by atoms with Crippen LogP contribution < -0.4 is 0 Å². The fourth-order valence-electron chi connectivity index (χ4n) is 8.68. The standard InChI is InChI=1S/C46H27N3/c1-5-18-37-30(14-1)31-15-2-6-19-38(31)46(37)39-20-7-3-16-32(39)35-25-36-34(26-40(35)46)33-17-4-8-21-41(33)49-45(36)29-13-11-12-28(24-29)44-27-47-42-22-9-10-23-43(42)48-44/h1-27H. The number of benzene rings is 7. The summed E-state index contributed by atoms with van der Waals surface area (Å²) < 4.78 is 0. The van der Waals surface area contributed by atoms with Crippen molar-refractivity contribution in [3.05, 3.63) is 186 Å². The number of fused-ring (bicyclic) bond motifs is 14. The molecule has 0 bridgehead atoms. The van der Waals surface area contributed by atoms with Crippen molar-refractivity contribution >= 4 is 32.7 Å². The number of rotatable bonds is 2. The minimum absolute atomic E-state index is 0.396. The van der Waals surface area contributed by atoms with E-state index in [1.807, 2.05) is 30.5 Å². The van der Waals surface area contributed by atoms with Gasteiger partial charge in [-0.05, 0) is 86.3 Å². The Morgan fingerprint density at radius 3 is 1.69 bits per heavy atom. The zero-order valence-corrected chi connectivity index (χ0v) is 26.4. The monoisotopic (exact) mass is 621 g/mol. The molecule has 3 heteroatoms. The third-order valence-corrected chi connectivity index (χ3v) is 10.7. The van der Waals surface area contributed by atoms with Crippen LogP contribution in [0.25, 0.3) is 77.5 Å². The quantitative estimate of drug-likeness (QED) is 0.180. The van der Waals surface area contributed by atoms with Crippen LogP contribution in [0.15, 0.2) is 164 Å². The molecular formula is C46H27N3. The summed E-state index contributed by atoms with van der Waals surface area (Å²) in [7, 11) is 0. The molecule has 0 aliphatic heterocycles. The van der Waals surface area contributed by atoms with E-state index in [1.165, 1.54) is 49.9 Å². The zero-order chi connectivity index (χ0) is 32.1. The SMILES string of the molecule is c1cc(-c2cnc3ccccc3n2)cc(-c2nc3ccccc3c3cc4c(cc23)-c2ccccc2C42c3ccccc3-c3ccccc32)c1. The van der Waals surface area contributed by atoms with Gasteiger partial charge in [0.2, 0.25) is 0 Å². The molecule has 3 nitrogen and oxygen atoms in total. The van der Waals surface area contributed by atoms with E-state index in [0.717, 1.165) is 49.8 Å².